The van der Waals surface area contributed by atoms with Gasteiger partial charge in [0.2, 0.25) is 11.8 Å². The van der Waals surface area contributed by atoms with Crippen LogP contribution in [-0.4, -0.2) is 29.8 Å². The third kappa shape index (κ3) is 4.73. The van der Waals surface area contributed by atoms with E-state index in [1.165, 1.54) is 11.6 Å². The van der Waals surface area contributed by atoms with Gasteiger partial charge in [-0.1, -0.05) is 24.3 Å². The number of nitrogens with one attached hydrogen (secondary N) is 1. The summed E-state index contributed by atoms with van der Waals surface area (Å²) in [4.78, 5) is 26.7. The number of anilines is 1. The Balaban J connectivity index is 1.52. The summed E-state index contributed by atoms with van der Waals surface area (Å²) in [6.45, 7) is 5.11. The highest BCUT2D eigenvalue weighted by Crippen LogP contribution is 2.21. The van der Waals surface area contributed by atoms with Gasteiger partial charge in [-0.25, -0.2) is 4.39 Å². The van der Waals surface area contributed by atoms with Crippen molar-refractivity contribution < 1.29 is 14.0 Å². The minimum Gasteiger partial charge on any atom is -0.342 e. The number of hydrogen-bond donors (Lipinski definition) is 1. The first kappa shape index (κ1) is 19.1. The van der Waals surface area contributed by atoms with Gasteiger partial charge in [0, 0.05) is 24.7 Å². The average Bonchev–Trinajstić information content (AvgIpc) is 2.66. The van der Waals surface area contributed by atoms with Crippen LogP contribution < -0.4 is 5.32 Å². The Morgan fingerprint density at radius 3 is 2.44 bits per heavy atom. The van der Waals surface area contributed by atoms with Crippen LogP contribution >= 0.6 is 0 Å². The van der Waals surface area contributed by atoms with E-state index in [1.807, 2.05) is 32.0 Å². The molecule has 142 valence electrons. The van der Waals surface area contributed by atoms with Gasteiger partial charge in [0.15, 0.2) is 0 Å². The van der Waals surface area contributed by atoms with Crippen molar-refractivity contribution in [3.63, 3.8) is 0 Å². The van der Waals surface area contributed by atoms with E-state index in [2.05, 4.69) is 5.32 Å². The van der Waals surface area contributed by atoms with E-state index in [0.29, 0.717) is 31.5 Å². The van der Waals surface area contributed by atoms with Crippen LogP contribution in [0.1, 0.15) is 29.5 Å². The topological polar surface area (TPSA) is 49.4 Å². The molecular formula is C22H25FN2O2. The molecular weight excluding hydrogens is 343 g/mol. The number of amides is 2. The van der Waals surface area contributed by atoms with Crippen molar-refractivity contribution >= 4 is 17.5 Å². The first-order chi connectivity index (χ1) is 12.9. The summed E-state index contributed by atoms with van der Waals surface area (Å²) in [5.41, 5.74) is 3.55. The predicted molar refractivity (Wildman–Crippen MR) is 104 cm³/mol. The average molecular weight is 368 g/mol. The van der Waals surface area contributed by atoms with Crippen LogP contribution in [-0.2, 0) is 16.0 Å². The number of carbonyl (C=O) groups excluding carboxylic acids is 2. The molecule has 0 unspecified atom stereocenters. The van der Waals surface area contributed by atoms with Crippen LogP contribution in [0, 0.1) is 25.6 Å². The standard InChI is InChI=1S/C22H25FN2O2/c1-15-7-8-19(13-16(15)2)24-22(27)17-9-11-25(12-10-17)21(26)14-18-5-3-4-6-20(18)23/h3-8,13,17H,9-12,14H2,1-2H3,(H,24,27). The molecule has 2 aromatic carbocycles. The first-order valence-corrected chi connectivity index (χ1v) is 9.33. The van der Waals surface area contributed by atoms with Crippen LogP contribution in [0.3, 0.4) is 0 Å². The number of hydrogen-bond acceptors (Lipinski definition) is 2. The summed E-state index contributed by atoms with van der Waals surface area (Å²) in [7, 11) is 0. The summed E-state index contributed by atoms with van der Waals surface area (Å²) < 4.78 is 13.7. The Hall–Kier alpha value is -2.69. The van der Waals surface area contributed by atoms with E-state index >= 15 is 0 Å². The monoisotopic (exact) mass is 368 g/mol. The molecule has 1 aliphatic rings. The SMILES string of the molecule is Cc1ccc(NC(=O)C2CCN(C(=O)Cc3ccccc3F)CC2)cc1C. The molecule has 0 aliphatic carbocycles. The molecule has 1 saturated heterocycles. The Morgan fingerprint density at radius 1 is 1.07 bits per heavy atom. The molecule has 1 heterocycles. The van der Waals surface area contributed by atoms with Gasteiger partial charge in [0.25, 0.3) is 0 Å². The van der Waals surface area contributed by atoms with Gasteiger partial charge in [0.05, 0.1) is 6.42 Å². The first-order valence-electron chi connectivity index (χ1n) is 9.33. The highest BCUT2D eigenvalue weighted by atomic mass is 19.1. The lowest BCUT2D eigenvalue weighted by Crippen LogP contribution is -2.42. The van der Waals surface area contributed by atoms with Gasteiger partial charge >= 0.3 is 0 Å². The number of benzene rings is 2. The molecule has 27 heavy (non-hydrogen) atoms. The van der Waals surface area contributed by atoms with Crippen molar-refractivity contribution in [1.82, 2.24) is 4.90 Å². The zero-order valence-corrected chi connectivity index (χ0v) is 15.8. The number of likely N-dealkylation sites (tertiary alicyclic amines) is 1. The molecule has 1 aliphatic heterocycles. The highest BCUT2D eigenvalue weighted by Gasteiger charge is 2.27. The number of halogens is 1. The summed E-state index contributed by atoms with van der Waals surface area (Å²) in [6, 6.07) is 12.2. The van der Waals surface area contributed by atoms with E-state index in [-0.39, 0.29) is 30.0 Å². The third-order valence-electron chi connectivity index (χ3n) is 5.29. The van der Waals surface area contributed by atoms with Crippen molar-refractivity contribution in [2.75, 3.05) is 18.4 Å². The number of nitrogens with zero attached hydrogens (tertiary/aromatic N) is 1. The van der Waals surface area contributed by atoms with Gasteiger partial charge < -0.3 is 10.2 Å². The van der Waals surface area contributed by atoms with Gasteiger partial charge in [-0.2, -0.15) is 0 Å². The molecule has 0 saturated carbocycles. The Kier molecular flexibility index (Phi) is 5.89. The zero-order valence-electron chi connectivity index (χ0n) is 15.8. The van der Waals surface area contributed by atoms with Crippen molar-refractivity contribution in [2.24, 2.45) is 5.92 Å². The van der Waals surface area contributed by atoms with Crippen LogP contribution in [0.4, 0.5) is 10.1 Å². The lowest BCUT2D eigenvalue weighted by atomic mass is 9.95. The van der Waals surface area contributed by atoms with Gasteiger partial charge in [-0.15, -0.1) is 0 Å². The Bertz CT molecular complexity index is 842. The van der Waals surface area contributed by atoms with E-state index in [1.54, 1.807) is 23.1 Å². The molecule has 0 spiro atoms. The molecule has 1 N–H and O–H groups in total. The second-order valence-corrected chi connectivity index (χ2v) is 7.21. The minimum absolute atomic E-state index is 0.000504. The van der Waals surface area contributed by atoms with Crippen molar-refractivity contribution in [1.29, 1.82) is 0 Å². The fourth-order valence-corrected chi connectivity index (χ4v) is 3.37. The highest BCUT2D eigenvalue weighted by molar-refractivity contribution is 5.93. The van der Waals surface area contributed by atoms with E-state index in [0.717, 1.165) is 11.3 Å². The van der Waals surface area contributed by atoms with Gasteiger partial charge in [-0.05, 0) is 61.6 Å². The maximum atomic E-state index is 13.7. The molecule has 0 bridgehead atoms. The Labute approximate surface area is 159 Å². The van der Waals surface area contributed by atoms with Crippen LogP contribution in [0.15, 0.2) is 42.5 Å². The summed E-state index contributed by atoms with van der Waals surface area (Å²) >= 11 is 0. The zero-order chi connectivity index (χ0) is 19.4. The summed E-state index contributed by atoms with van der Waals surface area (Å²) in [6.07, 6.45) is 1.31. The fraction of sp³-hybridized carbons (Fsp3) is 0.364. The lowest BCUT2D eigenvalue weighted by Gasteiger charge is -2.31. The molecule has 2 amide bonds. The minimum atomic E-state index is -0.353. The van der Waals surface area contributed by atoms with Crippen LogP contribution in [0.25, 0.3) is 0 Å². The number of piperidine rings is 1. The van der Waals surface area contributed by atoms with Crippen LogP contribution in [0.5, 0.6) is 0 Å². The number of rotatable bonds is 4. The van der Waals surface area contributed by atoms with Crippen molar-refractivity contribution in [3.8, 4) is 0 Å². The summed E-state index contributed by atoms with van der Waals surface area (Å²) in [5.74, 6) is -0.551. The van der Waals surface area contributed by atoms with Crippen molar-refractivity contribution in [2.45, 2.75) is 33.1 Å². The van der Waals surface area contributed by atoms with E-state index in [4.69, 9.17) is 0 Å². The molecule has 1 fully saturated rings. The molecule has 5 heteroatoms. The van der Waals surface area contributed by atoms with Gasteiger partial charge in [0.1, 0.15) is 5.82 Å². The Morgan fingerprint density at radius 2 is 1.78 bits per heavy atom. The molecule has 4 nitrogen and oxygen atoms in total. The molecule has 3 rings (SSSR count). The molecule has 2 aromatic rings. The van der Waals surface area contributed by atoms with E-state index in [9.17, 15) is 14.0 Å². The van der Waals surface area contributed by atoms with Crippen LogP contribution in [0.2, 0.25) is 0 Å². The third-order valence-corrected chi connectivity index (χ3v) is 5.29. The maximum Gasteiger partial charge on any atom is 0.227 e. The normalized spacial score (nSPS) is 14.9. The smallest absolute Gasteiger partial charge is 0.227 e. The summed E-state index contributed by atoms with van der Waals surface area (Å²) in [5, 5.41) is 2.98. The fourth-order valence-electron chi connectivity index (χ4n) is 3.37. The predicted octanol–water partition coefficient (Wildman–Crippen LogP) is 3.86. The molecule has 0 aromatic heterocycles. The molecule has 0 atom stereocenters. The molecule has 0 radical (unpaired) electrons. The van der Waals surface area contributed by atoms with E-state index < -0.39 is 0 Å². The second-order valence-electron chi connectivity index (χ2n) is 7.21. The van der Waals surface area contributed by atoms with Crippen molar-refractivity contribution in [3.05, 3.63) is 65.0 Å². The van der Waals surface area contributed by atoms with Gasteiger partial charge in [-0.3, -0.25) is 9.59 Å². The number of carbonyl (C=O) groups is 2. The second kappa shape index (κ2) is 8.33. The number of aryl methyl sites for hydroxylation is 2. The lowest BCUT2D eigenvalue weighted by molar-refractivity contribution is -0.133. The largest absolute Gasteiger partial charge is 0.342 e. The maximum absolute atomic E-state index is 13.7. The quantitative estimate of drug-likeness (QED) is 0.891.